The minimum Gasteiger partial charge on any atom is -0.390 e. The van der Waals surface area contributed by atoms with Crippen LogP contribution in [0, 0.1) is 0 Å². The van der Waals surface area contributed by atoms with Crippen LogP contribution in [0.15, 0.2) is 42.2 Å². The Morgan fingerprint density at radius 3 is 2.67 bits per heavy atom. The summed E-state index contributed by atoms with van der Waals surface area (Å²) in [4.78, 5) is 20.2. The maximum atomic E-state index is 10.7. The molecule has 2 aliphatic rings. The molecule has 8 heteroatoms. The molecule has 3 aromatic heterocycles. The van der Waals surface area contributed by atoms with Crippen molar-refractivity contribution in [3.8, 4) is 0 Å². The number of aliphatic hydroxyl groups is 1. The molecule has 1 N–H and O–H groups in total. The lowest BCUT2D eigenvalue weighted by molar-refractivity contribution is 0.0792. The molecular weight excluding hydrogens is 360 g/mol. The van der Waals surface area contributed by atoms with Crippen molar-refractivity contribution in [3.05, 3.63) is 42.2 Å². The van der Waals surface area contributed by atoms with Crippen molar-refractivity contribution >= 4 is 33.2 Å². The monoisotopic (exact) mass is 382 g/mol. The van der Waals surface area contributed by atoms with Gasteiger partial charge in [-0.25, -0.2) is 15.0 Å². The average molecular weight is 382 g/mol. The van der Waals surface area contributed by atoms with Crippen molar-refractivity contribution in [1.29, 1.82) is 0 Å². The van der Waals surface area contributed by atoms with Gasteiger partial charge < -0.3 is 14.9 Å². The van der Waals surface area contributed by atoms with E-state index in [1.165, 1.54) is 0 Å². The van der Waals surface area contributed by atoms with Gasteiger partial charge in [0.25, 0.3) is 0 Å². The Morgan fingerprint density at radius 1 is 0.963 bits per heavy atom. The van der Waals surface area contributed by atoms with Crippen LogP contribution in [0.3, 0.4) is 0 Å². The maximum Gasteiger partial charge on any atom is 0.150 e. The minimum atomic E-state index is -0.364. The average Bonchev–Trinajstić information content (AvgIpc) is 3.35. The summed E-state index contributed by atoms with van der Waals surface area (Å²) in [5, 5.41) is 12.8. The van der Waals surface area contributed by atoms with Gasteiger partial charge in [0.15, 0.2) is 0 Å². The molecule has 0 aliphatic carbocycles. The molecule has 7 nitrogen and oxygen atoms in total. The number of nitrogens with zero attached hydrogens (tertiary/aromatic N) is 6. The number of hydrogen-bond donors (Lipinski definition) is 1. The largest absolute Gasteiger partial charge is 0.390 e. The second-order valence-electron chi connectivity index (χ2n) is 7.08. The summed E-state index contributed by atoms with van der Waals surface area (Å²) in [6.45, 7) is 5.16. The fourth-order valence-corrected chi connectivity index (χ4v) is 4.99. The second kappa shape index (κ2) is 7.03. The summed E-state index contributed by atoms with van der Waals surface area (Å²) in [6, 6.07) is 8.19. The predicted octanol–water partition coefficient (Wildman–Crippen LogP) is 1.46. The lowest BCUT2D eigenvalue weighted by Gasteiger charge is -2.39. The molecule has 0 amide bonds. The van der Waals surface area contributed by atoms with Gasteiger partial charge in [0.05, 0.1) is 22.4 Å². The number of pyridine rings is 1. The van der Waals surface area contributed by atoms with Gasteiger partial charge in [0.2, 0.25) is 0 Å². The molecule has 0 saturated carbocycles. The van der Waals surface area contributed by atoms with Crippen LogP contribution in [-0.2, 0) is 0 Å². The second-order valence-corrected chi connectivity index (χ2v) is 8.00. The van der Waals surface area contributed by atoms with Gasteiger partial charge in [0, 0.05) is 45.5 Å². The number of rotatable bonds is 3. The summed E-state index contributed by atoms with van der Waals surface area (Å²) in [7, 11) is 0. The first-order chi connectivity index (χ1) is 13.3. The maximum absolute atomic E-state index is 10.7. The Morgan fingerprint density at radius 2 is 1.85 bits per heavy atom. The molecule has 0 unspecified atom stereocenters. The summed E-state index contributed by atoms with van der Waals surface area (Å²) in [6.07, 6.45) is 3.10. The summed E-state index contributed by atoms with van der Waals surface area (Å²) in [5.74, 6) is 1.98. The lowest BCUT2D eigenvalue weighted by atomic mass is 10.1. The van der Waals surface area contributed by atoms with Crippen LogP contribution in [-0.4, -0.2) is 76.4 Å². The zero-order valence-corrected chi connectivity index (χ0v) is 15.8. The molecule has 2 saturated heterocycles. The zero-order chi connectivity index (χ0) is 18.2. The molecular formula is C19H22N6OS. The van der Waals surface area contributed by atoms with Gasteiger partial charge in [-0.15, -0.1) is 11.3 Å². The zero-order valence-electron chi connectivity index (χ0n) is 15.0. The van der Waals surface area contributed by atoms with E-state index in [1.54, 1.807) is 17.7 Å². The molecule has 0 spiro atoms. The molecule has 27 heavy (non-hydrogen) atoms. The third-order valence-corrected chi connectivity index (χ3v) is 6.44. The van der Waals surface area contributed by atoms with E-state index in [0.717, 1.165) is 54.6 Å². The van der Waals surface area contributed by atoms with Crippen LogP contribution < -0.4 is 9.80 Å². The first-order valence-electron chi connectivity index (χ1n) is 9.31. The van der Waals surface area contributed by atoms with Crippen LogP contribution in [0.25, 0.3) is 10.2 Å². The summed E-state index contributed by atoms with van der Waals surface area (Å²) in [5.41, 5.74) is 0.979. The Kier molecular flexibility index (Phi) is 4.39. The van der Waals surface area contributed by atoms with E-state index in [0.29, 0.717) is 6.54 Å². The Labute approximate surface area is 161 Å². The molecule has 140 valence electrons. The number of thiophene rings is 1. The van der Waals surface area contributed by atoms with Crippen molar-refractivity contribution in [2.45, 2.75) is 12.1 Å². The Balaban J connectivity index is 1.28. The number of β-amino-alcohol motifs (C(OH)–C–C–N with tert-alkyl or cyclic N) is 1. The van der Waals surface area contributed by atoms with Crippen molar-refractivity contribution in [1.82, 2.24) is 19.9 Å². The fourth-order valence-electron chi connectivity index (χ4n) is 4.13. The standard InChI is InChI=1S/C19H22N6OS/c26-16-12-25(19-18-14(4-10-27-18)21-13-22-19)11-15(16)23-6-8-24(9-7-23)17-3-1-2-5-20-17/h1-5,10,13,15-16,26H,6-9,11-12H2/t15-,16-/m0/s1. The van der Waals surface area contributed by atoms with Gasteiger partial charge >= 0.3 is 0 Å². The molecule has 5 heterocycles. The molecule has 0 aromatic carbocycles. The quantitative estimate of drug-likeness (QED) is 0.735. The molecule has 2 fully saturated rings. The summed E-state index contributed by atoms with van der Waals surface area (Å²) < 4.78 is 1.10. The molecule has 2 aliphatic heterocycles. The van der Waals surface area contributed by atoms with Crippen molar-refractivity contribution < 1.29 is 5.11 Å². The van der Waals surface area contributed by atoms with Crippen molar-refractivity contribution in [2.75, 3.05) is 49.1 Å². The third kappa shape index (κ3) is 3.13. The molecule has 5 rings (SSSR count). The minimum absolute atomic E-state index is 0.140. The topological polar surface area (TPSA) is 68.6 Å². The lowest BCUT2D eigenvalue weighted by Crippen LogP contribution is -2.54. The molecule has 0 bridgehead atoms. The van der Waals surface area contributed by atoms with Gasteiger partial charge in [-0.3, -0.25) is 4.90 Å². The highest BCUT2D eigenvalue weighted by Gasteiger charge is 2.38. The first-order valence-corrected chi connectivity index (χ1v) is 10.2. The fraction of sp³-hybridized carbons (Fsp3) is 0.421. The van der Waals surface area contributed by atoms with E-state index in [1.807, 2.05) is 29.8 Å². The van der Waals surface area contributed by atoms with Crippen molar-refractivity contribution in [3.63, 3.8) is 0 Å². The van der Waals surface area contributed by atoms with E-state index in [4.69, 9.17) is 0 Å². The molecule has 0 radical (unpaired) electrons. The number of hydrogen-bond acceptors (Lipinski definition) is 8. The van der Waals surface area contributed by atoms with E-state index in [-0.39, 0.29) is 12.1 Å². The number of aliphatic hydroxyl groups excluding tert-OH is 1. The highest BCUT2D eigenvalue weighted by atomic mass is 32.1. The molecule has 2 atom stereocenters. The predicted molar refractivity (Wildman–Crippen MR) is 107 cm³/mol. The highest BCUT2D eigenvalue weighted by molar-refractivity contribution is 7.17. The third-order valence-electron chi connectivity index (χ3n) is 5.54. The van der Waals surface area contributed by atoms with Gasteiger partial charge in [-0.05, 0) is 23.6 Å². The normalized spacial score (nSPS) is 24.0. The number of fused-ring (bicyclic) bond motifs is 1. The SMILES string of the molecule is O[C@H]1CN(c2ncnc3ccsc23)C[C@@H]1N1CCN(c2ccccn2)CC1. The van der Waals surface area contributed by atoms with Crippen LogP contribution >= 0.6 is 11.3 Å². The van der Waals surface area contributed by atoms with Crippen LogP contribution in [0.1, 0.15) is 0 Å². The van der Waals surface area contributed by atoms with E-state index in [2.05, 4.69) is 35.7 Å². The number of piperazine rings is 1. The first kappa shape index (κ1) is 16.9. The van der Waals surface area contributed by atoms with Crippen LogP contribution in [0.4, 0.5) is 11.6 Å². The Hall–Kier alpha value is -2.29. The smallest absolute Gasteiger partial charge is 0.150 e. The number of aromatic nitrogens is 3. The Bertz CT molecular complexity index is 911. The van der Waals surface area contributed by atoms with Crippen LogP contribution in [0.2, 0.25) is 0 Å². The van der Waals surface area contributed by atoms with E-state index in [9.17, 15) is 5.11 Å². The van der Waals surface area contributed by atoms with E-state index < -0.39 is 0 Å². The summed E-state index contributed by atoms with van der Waals surface area (Å²) >= 11 is 1.66. The van der Waals surface area contributed by atoms with E-state index >= 15 is 0 Å². The van der Waals surface area contributed by atoms with Crippen LogP contribution in [0.5, 0.6) is 0 Å². The molecule has 3 aromatic rings. The highest BCUT2D eigenvalue weighted by Crippen LogP contribution is 2.31. The van der Waals surface area contributed by atoms with Gasteiger partial charge in [0.1, 0.15) is 18.0 Å². The number of anilines is 2. The van der Waals surface area contributed by atoms with Gasteiger partial charge in [-0.2, -0.15) is 0 Å². The van der Waals surface area contributed by atoms with Gasteiger partial charge in [-0.1, -0.05) is 6.07 Å². The van der Waals surface area contributed by atoms with Crippen molar-refractivity contribution in [2.24, 2.45) is 0 Å².